The van der Waals surface area contributed by atoms with Gasteiger partial charge in [0.25, 0.3) is 0 Å². The van der Waals surface area contributed by atoms with Crippen LogP contribution in [0.1, 0.15) is 36.8 Å². The van der Waals surface area contributed by atoms with Gasteiger partial charge in [-0.3, -0.25) is 0 Å². The number of unbranched alkanes of at least 4 members (excludes halogenated alkanes) is 2. The Kier molecular flexibility index (Phi) is 8.78. The zero-order valence-corrected chi connectivity index (χ0v) is 15.9. The Morgan fingerprint density at radius 1 is 0.926 bits per heavy atom. The lowest BCUT2D eigenvalue weighted by Crippen LogP contribution is -2.24. The monoisotopic (exact) mass is 374 g/mol. The van der Waals surface area contributed by atoms with E-state index in [2.05, 4.69) is 12.1 Å². The van der Waals surface area contributed by atoms with Crippen LogP contribution in [0.25, 0.3) is 0 Å². The molecule has 0 saturated heterocycles. The van der Waals surface area contributed by atoms with Gasteiger partial charge in [-0.15, -0.1) is 0 Å². The summed E-state index contributed by atoms with van der Waals surface area (Å²) in [6.07, 6.45) is 4.19. The van der Waals surface area contributed by atoms with E-state index >= 15 is 0 Å². The minimum Gasteiger partial charge on any atom is -0.489 e. The van der Waals surface area contributed by atoms with Gasteiger partial charge in [0, 0.05) is 7.11 Å². The molecule has 0 aromatic heterocycles. The van der Waals surface area contributed by atoms with Gasteiger partial charge in [-0.1, -0.05) is 37.1 Å². The molecule has 27 heavy (non-hydrogen) atoms. The minimum absolute atomic E-state index is 0.244. The summed E-state index contributed by atoms with van der Waals surface area (Å²) in [5.74, 6) is 0.240. The maximum absolute atomic E-state index is 12.9. The van der Waals surface area contributed by atoms with E-state index in [9.17, 15) is 9.18 Å². The Hall–Kier alpha value is -2.40. The van der Waals surface area contributed by atoms with Gasteiger partial charge in [0.15, 0.2) is 6.10 Å². The number of hydrogen-bond donors (Lipinski definition) is 0. The third kappa shape index (κ3) is 7.39. The number of ether oxygens (including phenoxy) is 3. The molecule has 0 amide bonds. The molecular weight excluding hydrogens is 347 g/mol. The van der Waals surface area contributed by atoms with Crippen molar-refractivity contribution in [3.8, 4) is 5.75 Å². The van der Waals surface area contributed by atoms with Crippen molar-refractivity contribution in [2.75, 3.05) is 14.2 Å². The highest BCUT2D eigenvalue weighted by Crippen LogP contribution is 2.17. The summed E-state index contributed by atoms with van der Waals surface area (Å²) in [4.78, 5) is 11.4. The first-order valence-corrected chi connectivity index (χ1v) is 9.19. The summed E-state index contributed by atoms with van der Waals surface area (Å²) in [5.41, 5.74) is 2.18. The van der Waals surface area contributed by atoms with Crippen molar-refractivity contribution in [2.45, 2.75) is 44.8 Å². The molecule has 1 unspecified atom stereocenters. The van der Waals surface area contributed by atoms with Crippen LogP contribution in [0.15, 0.2) is 48.5 Å². The molecule has 5 heteroatoms. The average Bonchev–Trinajstić information content (AvgIpc) is 2.70. The van der Waals surface area contributed by atoms with Crippen LogP contribution in [-0.2, 0) is 27.3 Å². The predicted octanol–water partition coefficient (Wildman–Crippen LogP) is 4.70. The highest BCUT2D eigenvalue weighted by atomic mass is 19.1. The summed E-state index contributed by atoms with van der Waals surface area (Å²) in [6, 6.07) is 14.3. The Morgan fingerprint density at radius 3 is 2.22 bits per heavy atom. The fourth-order valence-corrected chi connectivity index (χ4v) is 2.80. The highest BCUT2D eigenvalue weighted by Gasteiger charge is 2.17. The number of halogens is 1. The van der Waals surface area contributed by atoms with Crippen LogP contribution in [0.5, 0.6) is 5.75 Å². The SMILES string of the molecule is COC(=O)C(CCCCCc1ccc(OCc2ccc(F)cc2)cc1)OC. The Labute approximate surface area is 160 Å². The molecule has 2 aromatic carbocycles. The zero-order valence-electron chi connectivity index (χ0n) is 15.9. The predicted molar refractivity (Wildman–Crippen MR) is 102 cm³/mol. The van der Waals surface area contributed by atoms with Crippen molar-refractivity contribution in [3.63, 3.8) is 0 Å². The van der Waals surface area contributed by atoms with Gasteiger partial charge in [-0.05, 0) is 54.7 Å². The number of rotatable bonds is 11. The van der Waals surface area contributed by atoms with Crippen molar-refractivity contribution in [2.24, 2.45) is 0 Å². The lowest BCUT2D eigenvalue weighted by molar-refractivity contribution is -0.152. The Morgan fingerprint density at radius 2 is 1.59 bits per heavy atom. The van der Waals surface area contributed by atoms with E-state index < -0.39 is 6.10 Å². The molecule has 2 rings (SSSR count). The maximum Gasteiger partial charge on any atom is 0.334 e. The maximum atomic E-state index is 12.9. The van der Waals surface area contributed by atoms with Crippen LogP contribution in [-0.4, -0.2) is 26.3 Å². The Bertz CT molecular complexity index is 682. The van der Waals surface area contributed by atoms with E-state index in [1.807, 2.05) is 12.1 Å². The van der Waals surface area contributed by atoms with Crippen molar-refractivity contribution in [1.82, 2.24) is 0 Å². The smallest absolute Gasteiger partial charge is 0.334 e. The summed E-state index contributed by atoms with van der Waals surface area (Å²) >= 11 is 0. The molecule has 0 heterocycles. The molecule has 1 atom stereocenters. The van der Waals surface area contributed by atoms with Gasteiger partial charge in [0.2, 0.25) is 0 Å². The summed E-state index contributed by atoms with van der Waals surface area (Å²) < 4.78 is 28.4. The topological polar surface area (TPSA) is 44.8 Å². The molecule has 0 bridgehead atoms. The van der Waals surface area contributed by atoms with Crippen LogP contribution in [0.3, 0.4) is 0 Å². The number of hydrogen-bond acceptors (Lipinski definition) is 4. The van der Waals surface area contributed by atoms with Crippen molar-refractivity contribution < 1.29 is 23.4 Å². The quantitative estimate of drug-likeness (QED) is 0.423. The van der Waals surface area contributed by atoms with Gasteiger partial charge in [-0.25, -0.2) is 9.18 Å². The molecule has 0 aliphatic rings. The number of carbonyl (C=O) groups excluding carboxylic acids is 1. The second-order valence-corrected chi connectivity index (χ2v) is 6.41. The molecule has 146 valence electrons. The van der Waals surface area contributed by atoms with Crippen molar-refractivity contribution >= 4 is 5.97 Å². The zero-order chi connectivity index (χ0) is 19.5. The van der Waals surface area contributed by atoms with Crippen LogP contribution < -0.4 is 4.74 Å². The standard InChI is InChI=1S/C22H27FO4/c1-25-21(22(24)26-2)7-5-3-4-6-17-10-14-20(15-11-17)27-16-18-8-12-19(23)13-9-18/h8-15,21H,3-7,16H2,1-2H3. The van der Waals surface area contributed by atoms with Crippen LogP contribution in [0.2, 0.25) is 0 Å². The first kappa shape index (κ1) is 20.9. The number of benzene rings is 2. The fraction of sp³-hybridized carbons (Fsp3) is 0.409. The lowest BCUT2D eigenvalue weighted by atomic mass is 10.0. The van der Waals surface area contributed by atoms with E-state index in [1.54, 1.807) is 12.1 Å². The van der Waals surface area contributed by atoms with Crippen molar-refractivity contribution in [1.29, 1.82) is 0 Å². The van der Waals surface area contributed by atoms with Crippen LogP contribution in [0, 0.1) is 5.82 Å². The molecule has 0 fully saturated rings. The average molecular weight is 374 g/mol. The second-order valence-electron chi connectivity index (χ2n) is 6.41. The largest absolute Gasteiger partial charge is 0.489 e. The van der Waals surface area contributed by atoms with E-state index in [0.29, 0.717) is 13.0 Å². The summed E-state index contributed by atoms with van der Waals surface area (Å²) in [5, 5.41) is 0. The van der Waals surface area contributed by atoms with Crippen LogP contribution in [0.4, 0.5) is 4.39 Å². The summed E-state index contributed by atoms with van der Waals surface area (Å²) in [6.45, 7) is 0.417. The van der Waals surface area contributed by atoms with Gasteiger partial charge in [0.05, 0.1) is 7.11 Å². The van der Waals surface area contributed by atoms with Crippen LogP contribution >= 0.6 is 0 Å². The van der Waals surface area contributed by atoms with Gasteiger partial charge >= 0.3 is 5.97 Å². The number of esters is 1. The summed E-state index contributed by atoms with van der Waals surface area (Å²) in [7, 11) is 2.91. The third-order valence-corrected chi connectivity index (χ3v) is 4.42. The molecule has 0 radical (unpaired) electrons. The third-order valence-electron chi connectivity index (χ3n) is 4.42. The number of methoxy groups -OCH3 is 2. The van der Waals surface area contributed by atoms with E-state index in [-0.39, 0.29) is 11.8 Å². The first-order chi connectivity index (χ1) is 13.1. The molecule has 4 nitrogen and oxygen atoms in total. The van der Waals surface area contributed by atoms with Gasteiger partial charge in [0.1, 0.15) is 18.2 Å². The molecule has 0 spiro atoms. The fourth-order valence-electron chi connectivity index (χ4n) is 2.80. The molecule has 0 N–H and O–H groups in total. The van der Waals surface area contributed by atoms with Crippen molar-refractivity contribution in [3.05, 3.63) is 65.5 Å². The number of carbonyl (C=O) groups is 1. The van der Waals surface area contributed by atoms with E-state index in [1.165, 1.54) is 31.9 Å². The number of aryl methyl sites for hydroxylation is 1. The van der Waals surface area contributed by atoms with E-state index in [0.717, 1.165) is 37.0 Å². The van der Waals surface area contributed by atoms with E-state index in [4.69, 9.17) is 14.2 Å². The second kappa shape index (κ2) is 11.3. The Balaban J connectivity index is 1.66. The molecule has 2 aromatic rings. The highest BCUT2D eigenvalue weighted by molar-refractivity contribution is 5.74. The minimum atomic E-state index is -0.465. The molecule has 0 saturated carbocycles. The van der Waals surface area contributed by atoms with Gasteiger partial charge in [-0.2, -0.15) is 0 Å². The molecule has 0 aliphatic heterocycles. The molecule has 0 aliphatic carbocycles. The lowest BCUT2D eigenvalue weighted by Gasteiger charge is -2.12. The normalized spacial score (nSPS) is 11.8. The molecular formula is C22H27FO4. The first-order valence-electron chi connectivity index (χ1n) is 9.19. The van der Waals surface area contributed by atoms with Gasteiger partial charge < -0.3 is 14.2 Å².